The normalized spacial score (nSPS) is 17.6. The molecule has 1 aliphatic rings. The monoisotopic (exact) mass is 186 g/mol. The molecule has 1 aliphatic carbocycles. The van der Waals surface area contributed by atoms with Crippen molar-refractivity contribution < 1.29 is 0 Å². The van der Waals surface area contributed by atoms with Crippen LogP contribution in [0.4, 0.5) is 0 Å². The van der Waals surface area contributed by atoms with Crippen molar-refractivity contribution >= 4 is 0 Å². The Kier molecular flexibility index (Phi) is 4.26. The highest BCUT2D eigenvalue weighted by atomic mass is 14.2. The number of rotatable bonds is 0. The van der Waals surface area contributed by atoms with E-state index < -0.39 is 0 Å². The molecular weight excluding hydrogens is 168 g/mol. The lowest BCUT2D eigenvalue weighted by atomic mass is 10.0. The zero-order chi connectivity index (χ0) is 10.4. The molecule has 1 aromatic rings. The van der Waals surface area contributed by atoms with Crippen molar-refractivity contribution in [3.8, 4) is 12.3 Å². The summed E-state index contributed by atoms with van der Waals surface area (Å²) in [4.78, 5) is 0. The van der Waals surface area contributed by atoms with Gasteiger partial charge >= 0.3 is 0 Å². The molecule has 0 radical (unpaired) electrons. The molecule has 0 heteroatoms. The third-order valence-corrected chi connectivity index (χ3v) is 2.64. The largest absolute Gasteiger partial charge is 0.120 e. The van der Waals surface area contributed by atoms with Gasteiger partial charge < -0.3 is 0 Å². The van der Waals surface area contributed by atoms with Crippen molar-refractivity contribution in [2.24, 2.45) is 0 Å². The van der Waals surface area contributed by atoms with Crippen molar-refractivity contribution in [3.05, 3.63) is 35.4 Å². The number of benzene rings is 1. The summed E-state index contributed by atoms with van der Waals surface area (Å²) in [5.74, 6) is 3.23. The Hall–Kier alpha value is -1.22. The fourth-order valence-electron chi connectivity index (χ4n) is 1.77. The topological polar surface area (TPSA) is 0 Å². The van der Waals surface area contributed by atoms with E-state index in [4.69, 9.17) is 6.42 Å². The van der Waals surface area contributed by atoms with Gasteiger partial charge in [0.25, 0.3) is 0 Å². The van der Waals surface area contributed by atoms with Gasteiger partial charge in [-0.05, 0) is 29.9 Å². The van der Waals surface area contributed by atoms with Gasteiger partial charge in [-0.25, -0.2) is 0 Å². The third-order valence-electron chi connectivity index (χ3n) is 2.64. The average Bonchev–Trinajstić information content (AvgIpc) is 2.62. The molecular formula is C14H18. The number of terminal acetylenes is 1. The van der Waals surface area contributed by atoms with Crippen LogP contribution in [0.15, 0.2) is 24.3 Å². The molecule has 0 N–H and O–H groups in total. The molecule has 1 atom stereocenters. The van der Waals surface area contributed by atoms with Gasteiger partial charge in [0.1, 0.15) is 0 Å². The van der Waals surface area contributed by atoms with Crippen molar-refractivity contribution in [1.29, 1.82) is 0 Å². The van der Waals surface area contributed by atoms with Gasteiger partial charge in [-0.1, -0.05) is 38.1 Å². The maximum atomic E-state index is 4.78. The zero-order valence-electron chi connectivity index (χ0n) is 9.09. The van der Waals surface area contributed by atoms with E-state index >= 15 is 0 Å². The summed E-state index contributed by atoms with van der Waals surface area (Å²) in [6.45, 7) is 4.26. The van der Waals surface area contributed by atoms with Crippen LogP contribution in [0.1, 0.15) is 43.7 Å². The first kappa shape index (κ1) is 10.9. The summed E-state index contributed by atoms with van der Waals surface area (Å²) in [6, 6.07) is 8.78. The molecule has 0 spiro atoms. The SMILES string of the molecule is C#CCC.CC1CCc2ccccc21. The van der Waals surface area contributed by atoms with E-state index in [1.54, 1.807) is 11.1 Å². The van der Waals surface area contributed by atoms with Crippen LogP contribution in [0.5, 0.6) is 0 Å². The Labute approximate surface area is 87.4 Å². The highest BCUT2D eigenvalue weighted by molar-refractivity contribution is 5.33. The van der Waals surface area contributed by atoms with Crippen LogP contribution in [0.3, 0.4) is 0 Å². The number of aryl methyl sites for hydroxylation is 1. The number of hydrogen-bond donors (Lipinski definition) is 0. The molecule has 0 saturated carbocycles. The highest BCUT2D eigenvalue weighted by Crippen LogP contribution is 2.31. The first-order valence-electron chi connectivity index (χ1n) is 5.30. The van der Waals surface area contributed by atoms with Crippen LogP contribution in [-0.2, 0) is 6.42 Å². The van der Waals surface area contributed by atoms with Gasteiger partial charge in [0.2, 0.25) is 0 Å². The Morgan fingerprint density at radius 2 is 2.07 bits per heavy atom. The number of fused-ring (bicyclic) bond motifs is 1. The zero-order valence-corrected chi connectivity index (χ0v) is 9.09. The van der Waals surface area contributed by atoms with Crippen LogP contribution < -0.4 is 0 Å². The predicted octanol–water partition coefficient (Wildman–Crippen LogP) is 3.77. The van der Waals surface area contributed by atoms with E-state index in [-0.39, 0.29) is 0 Å². The summed E-state index contributed by atoms with van der Waals surface area (Å²) in [7, 11) is 0. The molecule has 0 fully saturated rings. The molecule has 14 heavy (non-hydrogen) atoms. The Morgan fingerprint density at radius 1 is 1.43 bits per heavy atom. The van der Waals surface area contributed by atoms with E-state index in [0.717, 1.165) is 12.3 Å². The lowest BCUT2D eigenvalue weighted by Crippen LogP contribution is -1.83. The summed E-state index contributed by atoms with van der Waals surface area (Å²) < 4.78 is 0. The molecule has 74 valence electrons. The van der Waals surface area contributed by atoms with Crippen LogP contribution in [0.2, 0.25) is 0 Å². The van der Waals surface area contributed by atoms with E-state index in [1.807, 2.05) is 6.92 Å². The molecule has 0 aromatic heterocycles. The summed E-state index contributed by atoms with van der Waals surface area (Å²) in [5.41, 5.74) is 3.14. The second-order valence-corrected chi connectivity index (χ2v) is 3.70. The van der Waals surface area contributed by atoms with Crippen molar-refractivity contribution in [2.45, 2.75) is 39.0 Å². The van der Waals surface area contributed by atoms with E-state index in [1.165, 1.54) is 12.8 Å². The van der Waals surface area contributed by atoms with E-state index in [9.17, 15) is 0 Å². The Balaban J connectivity index is 0.000000213. The van der Waals surface area contributed by atoms with Crippen LogP contribution in [0.25, 0.3) is 0 Å². The van der Waals surface area contributed by atoms with Gasteiger partial charge in [0.05, 0.1) is 0 Å². The van der Waals surface area contributed by atoms with Crippen LogP contribution >= 0.6 is 0 Å². The maximum absolute atomic E-state index is 4.78. The molecule has 0 heterocycles. The molecule has 1 aromatic carbocycles. The van der Waals surface area contributed by atoms with Crippen molar-refractivity contribution in [3.63, 3.8) is 0 Å². The quantitative estimate of drug-likeness (QED) is 0.541. The van der Waals surface area contributed by atoms with Gasteiger partial charge in [0, 0.05) is 6.42 Å². The fraction of sp³-hybridized carbons (Fsp3) is 0.429. The molecule has 0 amide bonds. The van der Waals surface area contributed by atoms with E-state index in [0.29, 0.717) is 0 Å². The summed E-state index contributed by atoms with van der Waals surface area (Å²) in [6.07, 6.45) is 8.26. The minimum atomic E-state index is 0.802. The van der Waals surface area contributed by atoms with Gasteiger partial charge in [-0.3, -0.25) is 0 Å². The Morgan fingerprint density at radius 3 is 2.64 bits per heavy atom. The lowest BCUT2D eigenvalue weighted by Gasteiger charge is -2.01. The van der Waals surface area contributed by atoms with Gasteiger partial charge in [-0.15, -0.1) is 12.3 Å². The molecule has 0 saturated heterocycles. The molecule has 0 bridgehead atoms. The Bertz CT molecular complexity index is 317. The van der Waals surface area contributed by atoms with E-state index in [2.05, 4.69) is 37.1 Å². The van der Waals surface area contributed by atoms with Crippen molar-refractivity contribution in [2.75, 3.05) is 0 Å². The summed E-state index contributed by atoms with van der Waals surface area (Å²) in [5, 5.41) is 0. The van der Waals surface area contributed by atoms with Crippen LogP contribution in [-0.4, -0.2) is 0 Å². The first-order chi connectivity index (χ1) is 6.79. The average molecular weight is 186 g/mol. The first-order valence-corrected chi connectivity index (χ1v) is 5.30. The second-order valence-electron chi connectivity index (χ2n) is 3.70. The molecule has 2 rings (SSSR count). The molecule has 1 unspecified atom stereocenters. The lowest BCUT2D eigenvalue weighted by molar-refractivity contribution is 0.747. The highest BCUT2D eigenvalue weighted by Gasteiger charge is 2.16. The maximum Gasteiger partial charge on any atom is 0.00576 e. The van der Waals surface area contributed by atoms with Crippen molar-refractivity contribution in [1.82, 2.24) is 0 Å². The number of hydrogen-bond acceptors (Lipinski definition) is 0. The molecule has 0 nitrogen and oxygen atoms in total. The predicted molar refractivity (Wildman–Crippen MR) is 62.3 cm³/mol. The second kappa shape index (κ2) is 5.50. The standard InChI is InChI=1S/C10H12.C4H6/c1-8-6-7-9-4-2-3-5-10(8)9;1-3-4-2/h2-5,8H,6-7H2,1H3;1H,4H2,2H3. The smallest absolute Gasteiger partial charge is 0.00576 e. The van der Waals surface area contributed by atoms with Gasteiger partial charge in [0.15, 0.2) is 0 Å². The molecule has 0 aliphatic heterocycles. The van der Waals surface area contributed by atoms with Crippen LogP contribution in [0, 0.1) is 12.3 Å². The third kappa shape index (κ3) is 2.64. The van der Waals surface area contributed by atoms with Gasteiger partial charge in [-0.2, -0.15) is 0 Å². The fourth-order valence-corrected chi connectivity index (χ4v) is 1.77. The summed E-state index contributed by atoms with van der Waals surface area (Å²) >= 11 is 0. The minimum Gasteiger partial charge on any atom is -0.120 e. The minimum absolute atomic E-state index is 0.802.